The predicted octanol–water partition coefficient (Wildman–Crippen LogP) is 3.72. The van der Waals surface area contributed by atoms with E-state index >= 15 is 0 Å². The van der Waals surface area contributed by atoms with Crippen LogP contribution < -0.4 is 10.1 Å². The third-order valence-electron chi connectivity index (χ3n) is 6.71. The second-order valence-electron chi connectivity index (χ2n) is 8.54. The third kappa shape index (κ3) is 4.26. The van der Waals surface area contributed by atoms with E-state index in [9.17, 15) is 9.59 Å². The lowest BCUT2D eigenvalue weighted by molar-refractivity contribution is -0.127. The summed E-state index contributed by atoms with van der Waals surface area (Å²) in [7, 11) is 1.63. The number of fused-ring (bicyclic) bond motifs is 1. The van der Waals surface area contributed by atoms with Crippen molar-refractivity contribution in [2.45, 2.75) is 51.5 Å². The zero-order valence-electron chi connectivity index (χ0n) is 17.4. The Bertz CT molecular complexity index is 877. The van der Waals surface area contributed by atoms with Gasteiger partial charge in [-0.2, -0.15) is 0 Å². The summed E-state index contributed by atoms with van der Waals surface area (Å²) >= 11 is 0. The zero-order valence-corrected chi connectivity index (χ0v) is 17.4. The fraction of sp³-hybridized carbons (Fsp3) is 0.565. The SMILES string of the molecule is COc1ccc2cc(C(=O)N3CCC(C(C)C(=O)NC4CCCC4)CC3)[nH]c2c1. The molecule has 2 amide bonds. The molecule has 1 unspecified atom stereocenters. The van der Waals surface area contributed by atoms with Crippen molar-refractivity contribution < 1.29 is 14.3 Å². The van der Waals surface area contributed by atoms with Crippen LogP contribution in [-0.4, -0.2) is 47.9 Å². The molecule has 29 heavy (non-hydrogen) atoms. The average molecular weight is 398 g/mol. The number of carbonyl (C=O) groups is 2. The molecule has 1 saturated heterocycles. The normalized spacial score (nSPS) is 19.4. The van der Waals surface area contributed by atoms with E-state index in [2.05, 4.69) is 10.3 Å². The fourth-order valence-electron chi connectivity index (χ4n) is 4.74. The highest BCUT2D eigenvalue weighted by Crippen LogP contribution is 2.28. The van der Waals surface area contributed by atoms with Crippen molar-refractivity contribution in [1.29, 1.82) is 0 Å². The molecule has 1 aromatic heterocycles. The van der Waals surface area contributed by atoms with Crippen molar-refractivity contribution in [1.82, 2.24) is 15.2 Å². The van der Waals surface area contributed by atoms with Crippen molar-refractivity contribution in [3.05, 3.63) is 30.0 Å². The Morgan fingerprint density at radius 1 is 1.14 bits per heavy atom. The van der Waals surface area contributed by atoms with Crippen molar-refractivity contribution in [2.75, 3.05) is 20.2 Å². The molecule has 2 aromatic rings. The number of amides is 2. The number of aromatic amines is 1. The molecule has 0 radical (unpaired) electrons. The number of hydrogen-bond acceptors (Lipinski definition) is 3. The smallest absolute Gasteiger partial charge is 0.270 e. The van der Waals surface area contributed by atoms with Gasteiger partial charge in [0.1, 0.15) is 11.4 Å². The first-order chi connectivity index (χ1) is 14.0. The lowest BCUT2D eigenvalue weighted by Crippen LogP contribution is -2.44. The lowest BCUT2D eigenvalue weighted by Gasteiger charge is -2.34. The van der Waals surface area contributed by atoms with Gasteiger partial charge in [0.25, 0.3) is 5.91 Å². The molecule has 156 valence electrons. The van der Waals surface area contributed by atoms with E-state index < -0.39 is 0 Å². The van der Waals surface area contributed by atoms with E-state index in [1.165, 1.54) is 12.8 Å². The fourth-order valence-corrected chi connectivity index (χ4v) is 4.74. The topological polar surface area (TPSA) is 74.4 Å². The Balaban J connectivity index is 1.34. The maximum absolute atomic E-state index is 12.9. The molecule has 2 fully saturated rings. The van der Waals surface area contributed by atoms with Crippen LogP contribution in [0.4, 0.5) is 0 Å². The number of benzene rings is 1. The number of H-pyrrole nitrogens is 1. The second-order valence-corrected chi connectivity index (χ2v) is 8.54. The Kier molecular flexibility index (Phi) is 5.79. The number of ether oxygens (including phenoxy) is 1. The molecule has 2 N–H and O–H groups in total. The largest absolute Gasteiger partial charge is 0.497 e. The highest BCUT2D eigenvalue weighted by Gasteiger charge is 2.31. The van der Waals surface area contributed by atoms with E-state index in [-0.39, 0.29) is 17.7 Å². The summed E-state index contributed by atoms with van der Waals surface area (Å²) in [4.78, 5) is 30.7. The molecule has 1 saturated carbocycles. The molecular formula is C23H31N3O3. The lowest BCUT2D eigenvalue weighted by atomic mass is 9.84. The van der Waals surface area contributed by atoms with Gasteiger partial charge in [-0.15, -0.1) is 0 Å². The van der Waals surface area contributed by atoms with Crippen LogP contribution in [0.15, 0.2) is 24.3 Å². The summed E-state index contributed by atoms with van der Waals surface area (Å²) in [5.41, 5.74) is 1.51. The minimum Gasteiger partial charge on any atom is -0.497 e. The number of nitrogens with zero attached hydrogens (tertiary/aromatic N) is 1. The maximum atomic E-state index is 12.9. The molecule has 1 aromatic carbocycles. The van der Waals surface area contributed by atoms with Gasteiger partial charge in [-0.05, 0) is 49.8 Å². The predicted molar refractivity (Wildman–Crippen MR) is 113 cm³/mol. The van der Waals surface area contributed by atoms with Crippen LogP contribution in [0.5, 0.6) is 5.75 Å². The minimum atomic E-state index is 0.00777. The monoisotopic (exact) mass is 397 g/mol. The molecule has 4 rings (SSSR count). The van der Waals surface area contributed by atoms with Crippen molar-refractivity contribution in [3.8, 4) is 5.75 Å². The van der Waals surface area contributed by atoms with E-state index in [0.29, 0.717) is 30.7 Å². The first-order valence-corrected chi connectivity index (χ1v) is 10.8. The highest BCUT2D eigenvalue weighted by atomic mass is 16.5. The molecular weight excluding hydrogens is 366 g/mol. The van der Waals surface area contributed by atoms with Crippen molar-refractivity contribution in [2.24, 2.45) is 11.8 Å². The zero-order chi connectivity index (χ0) is 20.4. The van der Waals surface area contributed by atoms with Gasteiger partial charge >= 0.3 is 0 Å². The molecule has 1 aliphatic carbocycles. The molecule has 2 heterocycles. The second kappa shape index (κ2) is 8.47. The molecule has 1 aliphatic heterocycles. The Hall–Kier alpha value is -2.50. The standard InChI is InChI=1S/C23H31N3O3/c1-15(22(27)24-18-5-3-4-6-18)16-9-11-26(12-10-16)23(28)21-13-17-7-8-19(29-2)14-20(17)25-21/h7-8,13-16,18,25H,3-6,9-12H2,1-2H3,(H,24,27). The van der Waals surface area contributed by atoms with E-state index in [1.807, 2.05) is 36.1 Å². The van der Waals surface area contributed by atoms with Crippen LogP contribution >= 0.6 is 0 Å². The van der Waals surface area contributed by atoms with E-state index in [0.717, 1.165) is 42.3 Å². The van der Waals surface area contributed by atoms with Crippen LogP contribution in [0.1, 0.15) is 55.9 Å². The number of nitrogens with one attached hydrogen (secondary N) is 2. The van der Waals surface area contributed by atoms with Crippen LogP contribution in [0.2, 0.25) is 0 Å². The summed E-state index contributed by atoms with van der Waals surface area (Å²) in [6, 6.07) is 8.03. The van der Waals surface area contributed by atoms with Crippen LogP contribution in [-0.2, 0) is 4.79 Å². The number of likely N-dealkylation sites (tertiary alicyclic amines) is 1. The Labute approximate surface area is 172 Å². The average Bonchev–Trinajstić information content (AvgIpc) is 3.41. The summed E-state index contributed by atoms with van der Waals surface area (Å²) in [6.45, 7) is 3.43. The third-order valence-corrected chi connectivity index (χ3v) is 6.71. The number of aromatic nitrogens is 1. The minimum absolute atomic E-state index is 0.00777. The van der Waals surface area contributed by atoms with E-state index in [1.54, 1.807) is 7.11 Å². The number of carbonyl (C=O) groups excluding carboxylic acids is 2. The van der Waals surface area contributed by atoms with Gasteiger partial charge in [0, 0.05) is 42.0 Å². The Morgan fingerprint density at radius 2 is 1.86 bits per heavy atom. The number of hydrogen-bond donors (Lipinski definition) is 2. The molecule has 1 atom stereocenters. The summed E-state index contributed by atoms with van der Waals surface area (Å²) in [6.07, 6.45) is 6.42. The van der Waals surface area contributed by atoms with Crippen LogP contribution in [0.3, 0.4) is 0 Å². The van der Waals surface area contributed by atoms with Gasteiger partial charge in [-0.1, -0.05) is 19.8 Å². The highest BCUT2D eigenvalue weighted by molar-refractivity contribution is 5.98. The molecule has 0 bridgehead atoms. The Morgan fingerprint density at radius 3 is 2.55 bits per heavy atom. The van der Waals surface area contributed by atoms with E-state index in [4.69, 9.17) is 4.74 Å². The number of piperidine rings is 1. The quantitative estimate of drug-likeness (QED) is 0.807. The van der Waals surface area contributed by atoms with Gasteiger partial charge in [-0.3, -0.25) is 9.59 Å². The van der Waals surface area contributed by atoms with Gasteiger partial charge in [0.2, 0.25) is 5.91 Å². The van der Waals surface area contributed by atoms with Crippen molar-refractivity contribution in [3.63, 3.8) is 0 Å². The van der Waals surface area contributed by atoms with Gasteiger partial charge < -0.3 is 19.9 Å². The van der Waals surface area contributed by atoms with Gasteiger partial charge in [-0.25, -0.2) is 0 Å². The first-order valence-electron chi connectivity index (χ1n) is 10.8. The number of methoxy groups -OCH3 is 1. The molecule has 2 aliphatic rings. The maximum Gasteiger partial charge on any atom is 0.270 e. The summed E-state index contributed by atoms with van der Waals surface area (Å²) in [5.74, 6) is 1.33. The summed E-state index contributed by atoms with van der Waals surface area (Å²) in [5, 5.41) is 4.23. The molecule has 6 heteroatoms. The van der Waals surface area contributed by atoms with Gasteiger partial charge in [0.05, 0.1) is 7.11 Å². The summed E-state index contributed by atoms with van der Waals surface area (Å²) < 4.78 is 5.26. The van der Waals surface area contributed by atoms with Gasteiger partial charge in [0.15, 0.2) is 0 Å². The molecule has 0 spiro atoms. The number of rotatable bonds is 5. The van der Waals surface area contributed by atoms with Crippen LogP contribution in [0, 0.1) is 11.8 Å². The van der Waals surface area contributed by atoms with Crippen molar-refractivity contribution >= 4 is 22.7 Å². The molecule has 6 nitrogen and oxygen atoms in total. The van der Waals surface area contributed by atoms with Crippen LogP contribution in [0.25, 0.3) is 10.9 Å². The first kappa shape index (κ1) is 19.8.